The van der Waals surface area contributed by atoms with Gasteiger partial charge in [-0.25, -0.2) is 0 Å². The highest BCUT2D eigenvalue weighted by atomic mass is 16.5. The summed E-state index contributed by atoms with van der Waals surface area (Å²) in [6, 6.07) is 18.8. The molecule has 0 aliphatic heterocycles. The van der Waals surface area contributed by atoms with Gasteiger partial charge in [0.25, 0.3) is 0 Å². The highest BCUT2D eigenvalue weighted by Crippen LogP contribution is 2.15. The molecule has 0 saturated carbocycles. The van der Waals surface area contributed by atoms with E-state index >= 15 is 0 Å². The van der Waals surface area contributed by atoms with Crippen LogP contribution < -0.4 is 4.74 Å². The molecule has 0 spiro atoms. The van der Waals surface area contributed by atoms with Gasteiger partial charge in [0.1, 0.15) is 5.75 Å². The molecule has 0 saturated heterocycles. The molecule has 0 heterocycles. The third-order valence-electron chi connectivity index (χ3n) is 4.11. The summed E-state index contributed by atoms with van der Waals surface area (Å²) < 4.78 is 5.23. The number of unbranched alkanes of at least 4 members (excludes halogenated alkanes) is 1. The molecule has 2 aromatic rings. The van der Waals surface area contributed by atoms with Crippen molar-refractivity contribution in [2.75, 3.05) is 14.2 Å². The zero-order valence-corrected chi connectivity index (χ0v) is 15.0. The maximum atomic E-state index is 5.23. The zero-order valence-electron chi connectivity index (χ0n) is 15.0. The molecule has 0 bridgehead atoms. The Labute approximate surface area is 146 Å². The van der Waals surface area contributed by atoms with Gasteiger partial charge in [-0.05, 0) is 43.3 Å². The first-order chi connectivity index (χ1) is 11.7. The lowest BCUT2D eigenvalue weighted by atomic mass is 10.1. The van der Waals surface area contributed by atoms with E-state index in [-0.39, 0.29) is 6.04 Å². The minimum absolute atomic E-state index is 0.271. The quantitative estimate of drug-likeness (QED) is 0.683. The van der Waals surface area contributed by atoms with Crippen LogP contribution in [0.15, 0.2) is 54.6 Å². The van der Waals surface area contributed by atoms with Gasteiger partial charge in [0.15, 0.2) is 0 Å². The summed E-state index contributed by atoms with van der Waals surface area (Å²) in [6.07, 6.45) is 3.49. The summed E-state index contributed by atoms with van der Waals surface area (Å²) in [5.74, 6) is 7.69. The number of benzene rings is 2. The first kappa shape index (κ1) is 18.1. The summed E-state index contributed by atoms with van der Waals surface area (Å²) in [7, 11) is 3.85. The Morgan fingerprint density at radius 3 is 2.38 bits per heavy atom. The van der Waals surface area contributed by atoms with Gasteiger partial charge in [0.2, 0.25) is 0 Å². The molecule has 0 amide bonds. The van der Waals surface area contributed by atoms with Crippen LogP contribution in [0, 0.1) is 11.8 Å². The Bertz CT molecular complexity index is 652. The van der Waals surface area contributed by atoms with Gasteiger partial charge in [-0.1, -0.05) is 61.9 Å². The van der Waals surface area contributed by atoms with E-state index in [1.54, 1.807) is 7.11 Å². The topological polar surface area (TPSA) is 12.5 Å². The van der Waals surface area contributed by atoms with Gasteiger partial charge >= 0.3 is 0 Å². The molecular weight excluding hydrogens is 294 g/mol. The number of hydrogen-bond acceptors (Lipinski definition) is 2. The molecule has 2 rings (SSSR count). The summed E-state index contributed by atoms with van der Waals surface area (Å²) in [5.41, 5.74) is 2.36. The van der Waals surface area contributed by atoms with Crippen molar-refractivity contribution in [3.63, 3.8) is 0 Å². The lowest BCUT2D eigenvalue weighted by molar-refractivity contribution is 0.266. The van der Waals surface area contributed by atoms with Crippen LogP contribution in [0.25, 0.3) is 0 Å². The number of ether oxygens (including phenoxy) is 1. The van der Waals surface area contributed by atoms with E-state index in [0.717, 1.165) is 24.3 Å². The Hall–Kier alpha value is -2.24. The molecule has 0 aliphatic rings. The van der Waals surface area contributed by atoms with Crippen LogP contribution in [-0.2, 0) is 6.54 Å². The number of rotatable bonds is 7. The second-order valence-electron chi connectivity index (χ2n) is 6.06. The lowest BCUT2D eigenvalue weighted by Gasteiger charge is -2.24. The molecule has 1 unspecified atom stereocenters. The monoisotopic (exact) mass is 321 g/mol. The van der Waals surface area contributed by atoms with Crippen molar-refractivity contribution in [2.45, 2.75) is 38.8 Å². The summed E-state index contributed by atoms with van der Waals surface area (Å²) in [6.45, 7) is 3.12. The standard InChI is InChI=1S/C22H27NO/c1-4-5-11-21(15-12-19-9-7-6-8-10-19)23(2)18-20-13-16-22(24-3)17-14-20/h6-10,13-14,16-17,21H,4-5,11,18H2,1-3H3. The molecule has 2 aromatic carbocycles. The van der Waals surface area contributed by atoms with Crippen LogP contribution >= 0.6 is 0 Å². The second-order valence-corrected chi connectivity index (χ2v) is 6.06. The van der Waals surface area contributed by atoms with E-state index in [2.05, 4.69) is 55.0 Å². The summed E-state index contributed by atoms with van der Waals surface area (Å²) in [4.78, 5) is 2.34. The fraction of sp³-hybridized carbons (Fsp3) is 0.364. The van der Waals surface area contributed by atoms with E-state index in [1.165, 1.54) is 18.4 Å². The Kier molecular flexibility index (Phi) is 7.39. The van der Waals surface area contributed by atoms with E-state index in [0.29, 0.717) is 0 Å². The summed E-state index contributed by atoms with van der Waals surface area (Å²) >= 11 is 0. The third-order valence-corrected chi connectivity index (χ3v) is 4.11. The van der Waals surface area contributed by atoms with Crippen LogP contribution in [0.3, 0.4) is 0 Å². The molecule has 1 atom stereocenters. The second kappa shape index (κ2) is 9.80. The molecule has 0 radical (unpaired) electrons. The highest BCUT2D eigenvalue weighted by molar-refractivity contribution is 5.35. The zero-order chi connectivity index (χ0) is 17.2. The third kappa shape index (κ3) is 5.76. The molecule has 0 aliphatic carbocycles. The van der Waals surface area contributed by atoms with Gasteiger partial charge in [-0.3, -0.25) is 4.90 Å². The minimum atomic E-state index is 0.271. The Balaban J connectivity index is 2.06. The molecule has 2 nitrogen and oxygen atoms in total. The maximum Gasteiger partial charge on any atom is 0.118 e. The van der Waals surface area contributed by atoms with Crippen molar-refractivity contribution in [1.82, 2.24) is 4.90 Å². The van der Waals surface area contributed by atoms with Gasteiger partial charge in [-0.15, -0.1) is 0 Å². The van der Waals surface area contributed by atoms with Crippen LogP contribution in [0.2, 0.25) is 0 Å². The number of methoxy groups -OCH3 is 1. The SMILES string of the molecule is CCCCC(C#Cc1ccccc1)N(C)Cc1ccc(OC)cc1. The van der Waals surface area contributed by atoms with Crippen molar-refractivity contribution in [3.05, 3.63) is 65.7 Å². The van der Waals surface area contributed by atoms with Gasteiger partial charge in [0.05, 0.1) is 13.2 Å². The Morgan fingerprint density at radius 1 is 1.04 bits per heavy atom. The Morgan fingerprint density at radius 2 is 1.75 bits per heavy atom. The predicted molar refractivity (Wildman–Crippen MR) is 101 cm³/mol. The largest absolute Gasteiger partial charge is 0.497 e. The molecular formula is C22H27NO. The van der Waals surface area contributed by atoms with Crippen molar-refractivity contribution < 1.29 is 4.74 Å². The van der Waals surface area contributed by atoms with E-state index in [1.807, 2.05) is 30.3 Å². The van der Waals surface area contributed by atoms with Crippen LogP contribution in [-0.4, -0.2) is 25.1 Å². The van der Waals surface area contributed by atoms with Crippen LogP contribution in [0.5, 0.6) is 5.75 Å². The van der Waals surface area contributed by atoms with Crippen molar-refractivity contribution in [3.8, 4) is 17.6 Å². The summed E-state index contributed by atoms with van der Waals surface area (Å²) in [5, 5.41) is 0. The maximum absolute atomic E-state index is 5.23. The number of hydrogen-bond donors (Lipinski definition) is 0. The predicted octanol–water partition coefficient (Wildman–Crippen LogP) is 4.74. The van der Waals surface area contributed by atoms with Gasteiger partial charge in [0, 0.05) is 12.1 Å². The first-order valence-corrected chi connectivity index (χ1v) is 8.62. The molecule has 0 aromatic heterocycles. The molecule has 0 N–H and O–H groups in total. The van der Waals surface area contributed by atoms with E-state index < -0.39 is 0 Å². The van der Waals surface area contributed by atoms with Crippen molar-refractivity contribution in [1.29, 1.82) is 0 Å². The lowest BCUT2D eigenvalue weighted by Crippen LogP contribution is -2.30. The molecule has 2 heteroatoms. The smallest absolute Gasteiger partial charge is 0.118 e. The van der Waals surface area contributed by atoms with Gasteiger partial charge < -0.3 is 4.74 Å². The average Bonchev–Trinajstić information content (AvgIpc) is 2.63. The molecule has 126 valence electrons. The normalized spacial score (nSPS) is 11.7. The van der Waals surface area contributed by atoms with E-state index in [4.69, 9.17) is 4.74 Å². The fourth-order valence-electron chi connectivity index (χ4n) is 2.62. The van der Waals surface area contributed by atoms with Crippen molar-refractivity contribution >= 4 is 0 Å². The number of nitrogens with zero attached hydrogens (tertiary/aromatic N) is 1. The minimum Gasteiger partial charge on any atom is -0.497 e. The van der Waals surface area contributed by atoms with E-state index in [9.17, 15) is 0 Å². The first-order valence-electron chi connectivity index (χ1n) is 8.62. The fourth-order valence-corrected chi connectivity index (χ4v) is 2.62. The van der Waals surface area contributed by atoms with Crippen LogP contribution in [0.1, 0.15) is 37.3 Å². The van der Waals surface area contributed by atoms with Crippen molar-refractivity contribution in [2.24, 2.45) is 0 Å². The average molecular weight is 321 g/mol. The molecule has 24 heavy (non-hydrogen) atoms. The highest BCUT2D eigenvalue weighted by Gasteiger charge is 2.12. The van der Waals surface area contributed by atoms with Crippen LogP contribution in [0.4, 0.5) is 0 Å². The molecule has 0 fully saturated rings. The van der Waals surface area contributed by atoms with Gasteiger partial charge in [-0.2, -0.15) is 0 Å².